The van der Waals surface area contributed by atoms with Gasteiger partial charge in [0.25, 0.3) is 0 Å². The van der Waals surface area contributed by atoms with E-state index in [1.54, 1.807) is 11.8 Å². The molecule has 0 radical (unpaired) electrons. The fourth-order valence-corrected chi connectivity index (χ4v) is 3.26. The van der Waals surface area contributed by atoms with Gasteiger partial charge >= 0.3 is 0 Å². The highest BCUT2D eigenvalue weighted by atomic mass is 35.5. The summed E-state index contributed by atoms with van der Waals surface area (Å²) in [6, 6.07) is 16.7. The second-order valence-corrected chi connectivity index (χ2v) is 6.71. The number of hydrogen-bond acceptors (Lipinski definition) is 3. The number of benzene rings is 2. The Labute approximate surface area is 134 Å². The summed E-state index contributed by atoms with van der Waals surface area (Å²) in [5.74, 6) is 0. The molecule has 0 bridgehead atoms. The SMILES string of the molecule is N#Cc1cc(CNC2CC2)ccc1Sc1cccc(Cl)c1. The zero-order valence-electron chi connectivity index (χ0n) is 11.5. The van der Waals surface area contributed by atoms with E-state index < -0.39 is 0 Å². The molecule has 0 saturated heterocycles. The van der Waals surface area contributed by atoms with E-state index in [9.17, 15) is 5.26 Å². The third-order valence-electron chi connectivity index (χ3n) is 3.36. The molecular weight excluding hydrogens is 300 g/mol. The van der Waals surface area contributed by atoms with Crippen LogP contribution in [0.15, 0.2) is 52.3 Å². The summed E-state index contributed by atoms with van der Waals surface area (Å²) < 4.78 is 0. The highest BCUT2D eigenvalue weighted by molar-refractivity contribution is 7.99. The van der Waals surface area contributed by atoms with Crippen LogP contribution in [0.25, 0.3) is 0 Å². The molecule has 2 aromatic carbocycles. The van der Waals surface area contributed by atoms with Crippen molar-refractivity contribution in [1.29, 1.82) is 5.26 Å². The smallest absolute Gasteiger partial charge is 0.100 e. The van der Waals surface area contributed by atoms with Gasteiger partial charge in [0.15, 0.2) is 0 Å². The number of hydrogen-bond donors (Lipinski definition) is 1. The third-order valence-corrected chi connectivity index (χ3v) is 4.66. The fraction of sp³-hybridized carbons (Fsp3) is 0.235. The first-order chi connectivity index (χ1) is 10.2. The standard InChI is InChI=1S/C17H15ClN2S/c18-14-2-1-3-16(9-14)21-17-7-4-12(8-13(17)10-19)11-20-15-5-6-15/h1-4,7-9,15,20H,5-6,11H2. The maximum absolute atomic E-state index is 9.36. The van der Waals surface area contributed by atoms with Crippen LogP contribution < -0.4 is 5.32 Å². The van der Waals surface area contributed by atoms with Crippen LogP contribution in [-0.2, 0) is 6.54 Å². The molecular formula is C17H15ClN2S. The highest BCUT2D eigenvalue weighted by Gasteiger charge is 2.20. The Morgan fingerprint density at radius 2 is 2.10 bits per heavy atom. The van der Waals surface area contributed by atoms with E-state index in [4.69, 9.17) is 11.6 Å². The van der Waals surface area contributed by atoms with E-state index in [-0.39, 0.29) is 0 Å². The van der Waals surface area contributed by atoms with Crippen LogP contribution in [0.5, 0.6) is 0 Å². The van der Waals surface area contributed by atoms with Gasteiger partial charge in [0, 0.05) is 27.4 Å². The Hall–Kier alpha value is -1.47. The third kappa shape index (κ3) is 4.01. The lowest BCUT2D eigenvalue weighted by Gasteiger charge is -2.08. The zero-order chi connectivity index (χ0) is 14.7. The number of rotatable bonds is 5. The minimum absolute atomic E-state index is 0.677. The van der Waals surface area contributed by atoms with Crippen LogP contribution in [0.1, 0.15) is 24.0 Å². The summed E-state index contributed by atoms with van der Waals surface area (Å²) in [5.41, 5.74) is 1.88. The number of nitrogens with one attached hydrogen (secondary N) is 1. The van der Waals surface area contributed by atoms with E-state index >= 15 is 0 Å². The number of halogens is 1. The Balaban J connectivity index is 1.76. The van der Waals surface area contributed by atoms with Gasteiger partial charge in [-0.25, -0.2) is 0 Å². The topological polar surface area (TPSA) is 35.8 Å². The molecule has 1 N–H and O–H groups in total. The number of nitrogens with zero attached hydrogens (tertiary/aromatic N) is 1. The summed E-state index contributed by atoms with van der Waals surface area (Å²) in [7, 11) is 0. The maximum atomic E-state index is 9.36. The normalized spacial score (nSPS) is 13.9. The van der Waals surface area contributed by atoms with Crippen LogP contribution in [0.3, 0.4) is 0 Å². The average molecular weight is 315 g/mol. The molecule has 2 nitrogen and oxygen atoms in total. The van der Waals surface area contributed by atoms with Gasteiger partial charge in [-0.15, -0.1) is 0 Å². The Morgan fingerprint density at radius 1 is 1.24 bits per heavy atom. The van der Waals surface area contributed by atoms with Gasteiger partial charge in [-0.05, 0) is 48.7 Å². The van der Waals surface area contributed by atoms with Crippen LogP contribution >= 0.6 is 23.4 Å². The molecule has 2 aromatic rings. The average Bonchev–Trinajstić information content (AvgIpc) is 3.30. The van der Waals surface area contributed by atoms with Crippen LogP contribution in [0, 0.1) is 11.3 Å². The lowest BCUT2D eigenvalue weighted by molar-refractivity contribution is 0.687. The van der Waals surface area contributed by atoms with Crippen molar-refractivity contribution in [3.05, 3.63) is 58.6 Å². The van der Waals surface area contributed by atoms with Crippen LogP contribution in [0.2, 0.25) is 5.02 Å². The quantitative estimate of drug-likeness (QED) is 0.875. The predicted molar refractivity (Wildman–Crippen MR) is 86.6 cm³/mol. The van der Waals surface area contributed by atoms with Crippen LogP contribution in [0.4, 0.5) is 0 Å². The molecule has 0 heterocycles. The Bertz CT molecular complexity index is 689. The molecule has 1 fully saturated rings. The van der Waals surface area contributed by atoms with Gasteiger partial charge in [-0.3, -0.25) is 0 Å². The van der Waals surface area contributed by atoms with Gasteiger partial charge in [0.05, 0.1) is 5.56 Å². The molecule has 0 aliphatic heterocycles. The molecule has 0 amide bonds. The van der Waals surface area contributed by atoms with Gasteiger partial charge in [-0.1, -0.05) is 35.5 Å². The van der Waals surface area contributed by atoms with Crippen molar-refractivity contribution in [2.24, 2.45) is 0 Å². The van der Waals surface area contributed by atoms with Gasteiger partial charge in [0.2, 0.25) is 0 Å². The van der Waals surface area contributed by atoms with E-state index in [1.807, 2.05) is 36.4 Å². The monoisotopic (exact) mass is 314 g/mol. The first-order valence-corrected chi connectivity index (χ1v) is 8.14. The maximum Gasteiger partial charge on any atom is 0.100 e. The summed E-state index contributed by atoms with van der Waals surface area (Å²) in [6.45, 7) is 0.835. The van der Waals surface area contributed by atoms with Gasteiger partial charge < -0.3 is 5.32 Å². The first-order valence-electron chi connectivity index (χ1n) is 6.94. The lowest BCUT2D eigenvalue weighted by Crippen LogP contribution is -2.15. The summed E-state index contributed by atoms with van der Waals surface area (Å²) >= 11 is 7.57. The highest BCUT2D eigenvalue weighted by Crippen LogP contribution is 2.32. The van der Waals surface area contributed by atoms with Gasteiger partial charge in [0.1, 0.15) is 6.07 Å². The summed E-state index contributed by atoms with van der Waals surface area (Å²) in [5, 5.41) is 13.5. The van der Waals surface area contributed by atoms with Crippen molar-refractivity contribution >= 4 is 23.4 Å². The summed E-state index contributed by atoms with van der Waals surface area (Å²) in [4.78, 5) is 2.01. The Kier molecular flexibility index (Phi) is 4.50. The molecule has 0 unspecified atom stereocenters. The molecule has 0 spiro atoms. The van der Waals surface area contributed by atoms with Crippen molar-refractivity contribution in [3.8, 4) is 6.07 Å². The fourth-order valence-electron chi connectivity index (χ4n) is 2.07. The second kappa shape index (κ2) is 6.53. The molecule has 3 rings (SSSR count). The molecule has 106 valence electrons. The Morgan fingerprint density at radius 3 is 2.81 bits per heavy atom. The molecule has 4 heteroatoms. The predicted octanol–water partition coefficient (Wildman–Crippen LogP) is 4.61. The van der Waals surface area contributed by atoms with Crippen molar-refractivity contribution in [1.82, 2.24) is 5.32 Å². The lowest BCUT2D eigenvalue weighted by atomic mass is 10.1. The number of nitriles is 1. The van der Waals surface area contributed by atoms with E-state index in [0.717, 1.165) is 27.5 Å². The van der Waals surface area contributed by atoms with Crippen molar-refractivity contribution in [2.45, 2.75) is 35.2 Å². The largest absolute Gasteiger partial charge is 0.310 e. The van der Waals surface area contributed by atoms with E-state index in [2.05, 4.69) is 17.5 Å². The first kappa shape index (κ1) is 14.5. The van der Waals surface area contributed by atoms with Gasteiger partial charge in [-0.2, -0.15) is 5.26 Å². The molecule has 0 atom stereocenters. The van der Waals surface area contributed by atoms with Crippen molar-refractivity contribution in [2.75, 3.05) is 0 Å². The second-order valence-electron chi connectivity index (χ2n) is 5.16. The minimum Gasteiger partial charge on any atom is -0.310 e. The van der Waals surface area contributed by atoms with E-state index in [1.165, 1.54) is 12.8 Å². The molecule has 21 heavy (non-hydrogen) atoms. The van der Waals surface area contributed by atoms with Crippen LogP contribution in [-0.4, -0.2) is 6.04 Å². The summed E-state index contributed by atoms with van der Waals surface area (Å²) in [6.07, 6.45) is 2.54. The minimum atomic E-state index is 0.677. The van der Waals surface area contributed by atoms with E-state index in [0.29, 0.717) is 11.1 Å². The molecule has 1 aliphatic carbocycles. The molecule has 1 aliphatic rings. The zero-order valence-corrected chi connectivity index (χ0v) is 13.0. The van der Waals surface area contributed by atoms with Crippen molar-refractivity contribution < 1.29 is 0 Å². The molecule has 1 saturated carbocycles. The van der Waals surface area contributed by atoms with Crippen molar-refractivity contribution in [3.63, 3.8) is 0 Å². The molecule has 0 aromatic heterocycles.